The molecule has 5 nitrogen and oxygen atoms in total. The van der Waals surface area contributed by atoms with Crippen LogP contribution in [0.15, 0.2) is 6.33 Å². The van der Waals surface area contributed by atoms with Crippen LogP contribution in [0.25, 0.3) is 0 Å². The molecule has 0 spiro atoms. The predicted molar refractivity (Wildman–Crippen MR) is 59.9 cm³/mol. The number of amides is 1. The topological polar surface area (TPSA) is 62.7 Å². The third-order valence-electron chi connectivity index (χ3n) is 1.71. The number of hydrogen-bond acceptors (Lipinski definition) is 3. The molecule has 0 bridgehead atoms. The molecule has 1 rings (SSSR count). The lowest BCUT2D eigenvalue weighted by Crippen LogP contribution is -2.40. The lowest BCUT2D eigenvalue weighted by molar-refractivity contribution is -0.122. The van der Waals surface area contributed by atoms with E-state index in [1.807, 2.05) is 20.8 Å². The Morgan fingerprint density at radius 3 is 2.80 bits per heavy atom. The quantitative estimate of drug-likeness (QED) is 0.765. The van der Waals surface area contributed by atoms with Crippen LogP contribution in [-0.2, 0) is 11.3 Å². The SMILES string of the molecule is CC(C)(C)NC(=O)CCn1cn[nH]c1=S. The molecule has 0 aliphatic heterocycles. The van der Waals surface area contributed by atoms with Crippen molar-refractivity contribution in [2.75, 3.05) is 0 Å². The fourth-order valence-electron chi connectivity index (χ4n) is 1.13. The number of aryl methyl sites for hydroxylation is 1. The molecule has 0 unspecified atom stereocenters. The molecule has 0 fully saturated rings. The molecule has 0 aliphatic carbocycles. The van der Waals surface area contributed by atoms with Gasteiger partial charge in [-0.3, -0.25) is 9.89 Å². The van der Waals surface area contributed by atoms with Crippen LogP contribution in [0.2, 0.25) is 0 Å². The van der Waals surface area contributed by atoms with Gasteiger partial charge in [-0.05, 0) is 33.0 Å². The summed E-state index contributed by atoms with van der Waals surface area (Å²) in [6.07, 6.45) is 2.00. The molecule has 1 amide bonds. The number of carbonyl (C=O) groups is 1. The molecule has 0 atom stereocenters. The molecule has 1 aromatic heterocycles. The Balaban J connectivity index is 2.42. The van der Waals surface area contributed by atoms with E-state index in [0.717, 1.165) is 0 Å². The van der Waals surface area contributed by atoms with E-state index in [9.17, 15) is 4.79 Å². The number of nitrogens with one attached hydrogen (secondary N) is 2. The number of nitrogens with zero attached hydrogens (tertiary/aromatic N) is 2. The van der Waals surface area contributed by atoms with E-state index in [1.54, 1.807) is 10.9 Å². The summed E-state index contributed by atoms with van der Waals surface area (Å²) in [5.74, 6) is 0.0191. The van der Waals surface area contributed by atoms with Gasteiger partial charge in [-0.25, -0.2) is 0 Å². The van der Waals surface area contributed by atoms with Gasteiger partial charge in [0, 0.05) is 18.5 Å². The summed E-state index contributed by atoms with van der Waals surface area (Å²) in [6, 6.07) is 0. The van der Waals surface area contributed by atoms with Gasteiger partial charge in [0.05, 0.1) is 0 Å². The van der Waals surface area contributed by atoms with Crippen LogP contribution in [0.5, 0.6) is 0 Å². The summed E-state index contributed by atoms with van der Waals surface area (Å²) in [4.78, 5) is 11.5. The Morgan fingerprint density at radius 2 is 2.33 bits per heavy atom. The van der Waals surface area contributed by atoms with Crippen molar-refractivity contribution in [3.63, 3.8) is 0 Å². The fourth-order valence-corrected chi connectivity index (χ4v) is 1.32. The second-order valence-electron chi connectivity index (χ2n) is 4.40. The van der Waals surface area contributed by atoms with Crippen LogP contribution in [0.3, 0.4) is 0 Å². The molecule has 0 saturated heterocycles. The van der Waals surface area contributed by atoms with Crippen LogP contribution in [0.4, 0.5) is 0 Å². The van der Waals surface area contributed by atoms with Crippen molar-refractivity contribution in [2.24, 2.45) is 0 Å². The molecule has 1 aromatic rings. The van der Waals surface area contributed by atoms with E-state index >= 15 is 0 Å². The summed E-state index contributed by atoms with van der Waals surface area (Å²) >= 11 is 4.96. The minimum Gasteiger partial charge on any atom is -0.351 e. The first-order valence-electron chi connectivity index (χ1n) is 4.79. The Morgan fingerprint density at radius 1 is 1.67 bits per heavy atom. The third-order valence-corrected chi connectivity index (χ3v) is 2.04. The Kier molecular flexibility index (Phi) is 3.62. The monoisotopic (exact) mass is 228 g/mol. The van der Waals surface area contributed by atoms with E-state index in [4.69, 9.17) is 12.2 Å². The molecule has 6 heteroatoms. The number of H-pyrrole nitrogens is 1. The molecule has 0 radical (unpaired) electrons. The zero-order chi connectivity index (χ0) is 11.5. The Bertz CT molecular complexity index is 387. The second-order valence-corrected chi connectivity index (χ2v) is 4.79. The first-order chi connectivity index (χ1) is 6.88. The minimum atomic E-state index is -0.186. The zero-order valence-electron chi connectivity index (χ0n) is 9.20. The fraction of sp³-hybridized carbons (Fsp3) is 0.667. The van der Waals surface area contributed by atoms with Crippen LogP contribution in [0, 0.1) is 4.77 Å². The first kappa shape index (κ1) is 11.9. The maximum Gasteiger partial charge on any atom is 0.222 e. The smallest absolute Gasteiger partial charge is 0.222 e. The van der Waals surface area contributed by atoms with Crippen LogP contribution in [-0.4, -0.2) is 26.2 Å². The summed E-state index contributed by atoms with van der Waals surface area (Å²) in [5, 5.41) is 9.30. The standard InChI is InChI=1S/C9H16N4OS/c1-9(2,3)11-7(14)4-5-13-6-10-12-8(13)15/h6H,4-5H2,1-3H3,(H,11,14)(H,12,15). The molecule has 0 aliphatic rings. The van der Waals surface area contributed by atoms with Gasteiger partial charge in [-0.15, -0.1) is 0 Å². The summed E-state index contributed by atoms with van der Waals surface area (Å²) in [5.41, 5.74) is -0.186. The molecule has 15 heavy (non-hydrogen) atoms. The van der Waals surface area contributed by atoms with Gasteiger partial charge >= 0.3 is 0 Å². The maximum absolute atomic E-state index is 11.5. The van der Waals surface area contributed by atoms with Crippen molar-refractivity contribution < 1.29 is 4.79 Å². The Hall–Kier alpha value is -1.17. The number of rotatable bonds is 3. The van der Waals surface area contributed by atoms with Crippen LogP contribution in [0.1, 0.15) is 27.2 Å². The van der Waals surface area contributed by atoms with Gasteiger partial charge in [0.15, 0.2) is 4.77 Å². The Labute approximate surface area is 93.9 Å². The highest BCUT2D eigenvalue weighted by Gasteiger charge is 2.13. The minimum absolute atomic E-state index is 0.0191. The van der Waals surface area contributed by atoms with E-state index in [2.05, 4.69) is 15.5 Å². The molecular weight excluding hydrogens is 212 g/mol. The summed E-state index contributed by atoms with van der Waals surface area (Å²) < 4.78 is 2.27. The van der Waals surface area contributed by atoms with Gasteiger partial charge in [0.1, 0.15) is 6.33 Å². The van der Waals surface area contributed by atoms with Crippen molar-refractivity contribution in [3.05, 3.63) is 11.1 Å². The summed E-state index contributed by atoms with van der Waals surface area (Å²) in [7, 11) is 0. The van der Waals surface area contributed by atoms with Gasteiger partial charge in [0.25, 0.3) is 0 Å². The highest BCUT2D eigenvalue weighted by Crippen LogP contribution is 2.00. The average molecular weight is 228 g/mol. The molecule has 2 N–H and O–H groups in total. The normalized spacial score (nSPS) is 11.4. The van der Waals surface area contributed by atoms with Gasteiger partial charge in [-0.1, -0.05) is 0 Å². The van der Waals surface area contributed by atoms with Gasteiger partial charge < -0.3 is 9.88 Å². The first-order valence-corrected chi connectivity index (χ1v) is 5.20. The summed E-state index contributed by atoms with van der Waals surface area (Å²) in [6.45, 7) is 6.41. The van der Waals surface area contributed by atoms with Crippen molar-refractivity contribution in [3.8, 4) is 0 Å². The van der Waals surface area contributed by atoms with Crippen molar-refractivity contribution in [1.82, 2.24) is 20.1 Å². The van der Waals surface area contributed by atoms with Crippen molar-refractivity contribution >= 4 is 18.1 Å². The number of aromatic amines is 1. The zero-order valence-corrected chi connectivity index (χ0v) is 10.0. The number of carbonyl (C=O) groups excluding carboxylic acids is 1. The highest BCUT2D eigenvalue weighted by molar-refractivity contribution is 7.71. The van der Waals surface area contributed by atoms with Crippen molar-refractivity contribution in [2.45, 2.75) is 39.3 Å². The van der Waals surface area contributed by atoms with E-state index < -0.39 is 0 Å². The highest BCUT2D eigenvalue weighted by atomic mass is 32.1. The molecule has 0 saturated carbocycles. The van der Waals surface area contributed by atoms with Crippen LogP contribution < -0.4 is 5.32 Å². The number of hydrogen-bond donors (Lipinski definition) is 2. The van der Waals surface area contributed by atoms with Gasteiger partial charge in [-0.2, -0.15) is 5.10 Å². The number of aromatic nitrogens is 3. The third kappa shape index (κ3) is 4.24. The molecule has 1 heterocycles. The second kappa shape index (κ2) is 4.57. The van der Waals surface area contributed by atoms with E-state index in [0.29, 0.717) is 17.7 Å². The maximum atomic E-state index is 11.5. The predicted octanol–water partition coefficient (Wildman–Crippen LogP) is 1.25. The van der Waals surface area contributed by atoms with E-state index in [1.165, 1.54) is 0 Å². The van der Waals surface area contributed by atoms with E-state index in [-0.39, 0.29) is 11.4 Å². The molecular formula is C9H16N4OS. The lowest BCUT2D eigenvalue weighted by Gasteiger charge is -2.20. The lowest BCUT2D eigenvalue weighted by atomic mass is 10.1. The van der Waals surface area contributed by atoms with Crippen LogP contribution >= 0.6 is 12.2 Å². The molecule has 84 valence electrons. The van der Waals surface area contributed by atoms with Gasteiger partial charge in [0.2, 0.25) is 5.91 Å². The average Bonchev–Trinajstić information content (AvgIpc) is 2.44. The largest absolute Gasteiger partial charge is 0.351 e. The molecule has 0 aromatic carbocycles. The van der Waals surface area contributed by atoms with Crippen molar-refractivity contribution in [1.29, 1.82) is 0 Å².